The number of rotatable bonds is 5. The highest BCUT2D eigenvalue weighted by Gasteiger charge is 2.16. The van der Waals surface area contributed by atoms with E-state index in [9.17, 15) is 14.9 Å². The van der Waals surface area contributed by atoms with E-state index in [-0.39, 0.29) is 5.69 Å². The lowest BCUT2D eigenvalue weighted by atomic mass is 10.1. The number of nitro benzene ring substituents is 1. The number of carbonyl (C=O) groups excluding carboxylic acids is 1. The second-order valence-electron chi connectivity index (χ2n) is 6.69. The van der Waals surface area contributed by atoms with Crippen LogP contribution in [0.2, 0.25) is 0 Å². The van der Waals surface area contributed by atoms with E-state index in [0.717, 1.165) is 5.56 Å². The Morgan fingerprint density at radius 1 is 1.23 bits per heavy atom. The summed E-state index contributed by atoms with van der Waals surface area (Å²) in [6.07, 6.45) is 3.16. The molecule has 0 unspecified atom stereocenters. The second kappa shape index (κ2) is 7.63. The number of furan rings is 1. The molecular weight excluding hydrogens is 386 g/mol. The monoisotopic (exact) mass is 403 g/mol. The SMILES string of the molecule is Cc1ccn2c(C(=O)N/N=C/c3ccc(-c4cccc([N+](=O)[O-])c4)o3)c(C)nc2c1. The van der Waals surface area contributed by atoms with Gasteiger partial charge in [-0.1, -0.05) is 12.1 Å². The van der Waals surface area contributed by atoms with E-state index < -0.39 is 10.8 Å². The number of benzene rings is 1. The highest BCUT2D eigenvalue weighted by molar-refractivity contribution is 5.95. The molecule has 1 amide bonds. The number of hydrogen-bond donors (Lipinski definition) is 1. The van der Waals surface area contributed by atoms with E-state index in [4.69, 9.17) is 4.42 Å². The van der Waals surface area contributed by atoms with Gasteiger partial charge in [-0.15, -0.1) is 0 Å². The molecule has 30 heavy (non-hydrogen) atoms. The fourth-order valence-corrected chi connectivity index (χ4v) is 3.10. The zero-order valence-electron chi connectivity index (χ0n) is 16.2. The first-order chi connectivity index (χ1) is 14.4. The number of aryl methyl sites for hydroxylation is 2. The van der Waals surface area contributed by atoms with Crippen LogP contribution in [0.4, 0.5) is 5.69 Å². The van der Waals surface area contributed by atoms with Crippen molar-refractivity contribution in [2.75, 3.05) is 0 Å². The van der Waals surface area contributed by atoms with E-state index in [0.29, 0.717) is 34.1 Å². The molecule has 3 aromatic heterocycles. The van der Waals surface area contributed by atoms with Crippen LogP contribution in [-0.2, 0) is 0 Å². The van der Waals surface area contributed by atoms with Gasteiger partial charge in [0, 0.05) is 23.9 Å². The van der Waals surface area contributed by atoms with Crippen molar-refractivity contribution in [2.45, 2.75) is 13.8 Å². The van der Waals surface area contributed by atoms with Crippen LogP contribution in [0.15, 0.2) is 64.2 Å². The van der Waals surface area contributed by atoms with Gasteiger partial charge in [-0.25, -0.2) is 10.4 Å². The van der Waals surface area contributed by atoms with Crippen molar-refractivity contribution in [1.29, 1.82) is 0 Å². The Bertz CT molecular complexity index is 1300. The minimum absolute atomic E-state index is 0.0232. The van der Waals surface area contributed by atoms with Crippen molar-refractivity contribution in [3.63, 3.8) is 0 Å². The summed E-state index contributed by atoms with van der Waals surface area (Å²) in [5, 5.41) is 14.9. The molecule has 3 heterocycles. The van der Waals surface area contributed by atoms with Crippen molar-refractivity contribution in [3.8, 4) is 11.3 Å². The number of hydrazone groups is 1. The summed E-state index contributed by atoms with van der Waals surface area (Å²) in [6, 6.07) is 13.3. The summed E-state index contributed by atoms with van der Waals surface area (Å²) < 4.78 is 7.35. The molecule has 9 nitrogen and oxygen atoms in total. The molecule has 4 rings (SSSR count). The van der Waals surface area contributed by atoms with E-state index in [2.05, 4.69) is 15.5 Å². The molecule has 0 aliphatic carbocycles. The summed E-state index contributed by atoms with van der Waals surface area (Å²) in [5.74, 6) is 0.451. The number of fused-ring (bicyclic) bond motifs is 1. The number of nitrogens with zero attached hydrogens (tertiary/aromatic N) is 4. The van der Waals surface area contributed by atoms with Crippen LogP contribution in [0, 0.1) is 24.0 Å². The normalized spacial score (nSPS) is 11.3. The number of nitro groups is 1. The van der Waals surface area contributed by atoms with Gasteiger partial charge in [0.2, 0.25) is 0 Å². The fraction of sp³-hybridized carbons (Fsp3) is 0.0952. The lowest BCUT2D eigenvalue weighted by Gasteiger charge is -2.02. The molecule has 0 atom stereocenters. The van der Waals surface area contributed by atoms with E-state index >= 15 is 0 Å². The van der Waals surface area contributed by atoms with Gasteiger partial charge in [-0.3, -0.25) is 19.3 Å². The van der Waals surface area contributed by atoms with Crippen LogP contribution >= 0.6 is 0 Å². The summed E-state index contributed by atoms with van der Waals surface area (Å²) in [6.45, 7) is 3.72. The van der Waals surface area contributed by atoms with Crippen molar-refractivity contribution in [3.05, 3.63) is 87.6 Å². The van der Waals surface area contributed by atoms with Crippen molar-refractivity contribution in [1.82, 2.24) is 14.8 Å². The molecule has 0 aliphatic heterocycles. The lowest BCUT2D eigenvalue weighted by molar-refractivity contribution is -0.384. The quantitative estimate of drug-likeness (QED) is 0.308. The van der Waals surface area contributed by atoms with Crippen LogP contribution in [-0.4, -0.2) is 26.4 Å². The molecule has 0 radical (unpaired) electrons. The smallest absolute Gasteiger partial charge is 0.290 e. The maximum absolute atomic E-state index is 12.6. The zero-order valence-corrected chi connectivity index (χ0v) is 16.2. The van der Waals surface area contributed by atoms with E-state index in [1.807, 2.05) is 19.1 Å². The number of nitrogens with one attached hydrogen (secondary N) is 1. The van der Waals surface area contributed by atoms with Gasteiger partial charge in [0.15, 0.2) is 0 Å². The van der Waals surface area contributed by atoms with Crippen LogP contribution < -0.4 is 5.43 Å². The van der Waals surface area contributed by atoms with Gasteiger partial charge in [-0.2, -0.15) is 5.10 Å². The average molecular weight is 403 g/mol. The first-order valence-electron chi connectivity index (χ1n) is 9.06. The molecule has 150 valence electrons. The van der Waals surface area contributed by atoms with Gasteiger partial charge in [-0.05, 0) is 43.7 Å². The Balaban J connectivity index is 1.49. The number of imidazole rings is 1. The molecule has 0 saturated heterocycles. The van der Waals surface area contributed by atoms with Gasteiger partial charge < -0.3 is 4.42 Å². The van der Waals surface area contributed by atoms with Crippen molar-refractivity contribution >= 4 is 23.5 Å². The molecule has 9 heteroatoms. The standard InChI is InChI=1S/C21H17N5O4/c1-13-8-9-25-19(10-13)23-14(2)20(25)21(27)24-22-12-17-6-7-18(30-17)15-4-3-5-16(11-15)26(28)29/h3-12H,1-2H3,(H,24,27)/b22-12+. The number of pyridine rings is 1. The first-order valence-corrected chi connectivity index (χ1v) is 9.06. The Morgan fingerprint density at radius 3 is 2.87 bits per heavy atom. The van der Waals surface area contributed by atoms with Crippen LogP contribution in [0.3, 0.4) is 0 Å². The van der Waals surface area contributed by atoms with Crippen molar-refractivity contribution in [2.24, 2.45) is 5.10 Å². The lowest BCUT2D eigenvalue weighted by Crippen LogP contribution is -2.20. The predicted molar refractivity (Wildman–Crippen MR) is 111 cm³/mol. The number of aromatic nitrogens is 2. The van der Waals surface area contributed by atoms with Gasteiger partial charge in [0.05, 0.1) is 16.8 Å². The molecule has 0 saturated carbocycles. The topological polar surface area (TPSA) is 115 Å². The van der Waals surface area contributed by atoms with Gasteiger partial charge in [0.1, 0.15) is 22.9 Å². The summed E-state index contributed by atoms with van der Waals surface area (Å²) >= 11 is 0. The van der Waals surface area contributed by atoms with Gasteiger partial charge in [0.25, 0.3) is 11.6 Å². The minimum atomic E-state index is -0.464. The molecule has 0 bridgehead atoms. The molecular formula is C21H17N5O4. The number of amides is 1. The Kier molecular flexibility index (Phi) is 4.85. The zero-order chi connectivity index (χ0) is 21.3. The molecule has 0 fully saturated rings. The first kappa shape index (κ1) is 19.1. The minimum Gasteiger partial charge on any atom is -0.455 e. The van der Waals surface area contributed by atoms with Crippen molar-refractivity contribution < 1.29 is 14.1 Å². The van der Waals surface area contributed by atoms with Crippen LogP contribution in [0.25, 0.3) is 17.0 Å². The molecule has 4 aromatic rings. The Labute approximate surface area is 170 Å². The maximum atomic E-state index is 12.6. The van der Waals surface area contributed by atoms with E-state index in [1.54, 1.807) is 41.8 Å². The third-order valence-corrected chi connectivity index (χ3v) is 4.50. The van der Waals surface area contributed by atoms with Gasteiger partial charge >= 0.3 is 0 Å². The third kappa shape index (κ3) is 3.68. The molecule has 1 N–H and O–H groups in total. The fourth-order valence-electron chi connectivity index (χ4n) is 3.10. The van der Waals surface area contributed by atoms with Crippen LogP contribution in [0.1, 0.15) is 27.5 Å². The highest BCUT2D eigenvalue weighted by Crippen LogP contribution is 2.25. The summed E-state index contributed by atoms with van der Waals surface area (Å²) in [7, 11) is 0. The number of carbonyl (C=O) groups is 1. The number of non-ortho nitro benzene ring substituents is 1. The predicted octanol–water partition coefficient (Wildman–Crippen LogP) is 3.88. The van der Waals surface area contributed by atoms with Crippen LogP contribution in [0.5, 0.6) is 0 Å². The third-order valence-electron chi connectivity index (χ3n) is 4.50. The van der Waals surface area contributed by atoms with E-state index in [1.165, 1.54) is 18.3 Å². The maximum Gasteiger partial charge on any atom is 0.290 e. The molecule has 1 aromatic carbocycles. The Morgan fingerprint density at radius 2 is 2.07 bits per heavy atom. The average Bonchev–Trinajstić information content (AvgIpc) is 3.31. The highest BCUT2D eigenvalue weighted by atomic mass is 16.6. The molecule has 0 aliphatic rings. The summed E-state index contributed by atoms with van der Waals surface area (Å²) in [5.41, 5.74) is 5.76. The molecule has 0 spiro atoms. The second-order valence-corrected chi connectivity index (χ2v) is 6.69. The summed E-state index contributed by atoms with van der Waals surface area (Å²) in [4.78, 5) is 27.4. The number of hydrogen-bond acceptors (Lipinski definition) is 6. The largest absolute Gasteiger partial charge is 0.455 e. The Hall–Kier alpha value is -4.27.